The Labute approximate surface area is 112 Å². The van der Waals surface area contributed by atoms with Crippen molar-refractivity contribution in [3.8, 4) is 11.5 Å². The van der Waals surface area contributed by atoms with Crippen LogP contribution in [0.5, 0.6) is 11.5 Å². The van der Waals surface area contributed by atoms with Gasteiger partial charge < -0.3 is 15.2 Å². The molecule has 5 heteroatoms. The molecule has 2 aromatic rings. The van der Waals surface area contributed by atoms with Crippen molar-refractivity contribution < 1.29 is 9.47 Å². The van der Waals surface area contributed by atoms with Crippen LogP contribution < -0.4 is 15.2 Å². The van der Waals surface area contributed by atoms with E-state index in [0.717, 1.165) is 30.2 Å². The lowest BCUT2D eigenvalue weighted by atomic mass is 10.3. The molecule has 1 heterocycles. The van der Waals surface area contributed by atoms with Gasteiger partial charge >= 0.3 is 0 Å². The molecule has 0 atom stereocenters. The van der Waals surface area contributed by atoms with Crippen LogP contribution in [-0.2, 0) is 6.73 Å². The number of nitrogens with zero attached hydrogens (tertiary/aromatic N) is 2. The van der Waals surface area contributed by atoms with Gasteiger partial charge in [-0.15, -0.1) is 0 Å². The Bertz CT molecular complexity index is 520. The average molecular weight is 261 g/mol. The molecular weight excluding hydrogens is 242 g/mol. The van der Waals surface area contributed by atoms with Crippen LogP contribution in [0.15, 0.2) is 30.3 Å². The van der Waals surface area contributed by atoms with E-state index in [0.29, 0.717) is 12.5 Å². The number of benzene rings is 1. The minimum Gasteiger partial charge on any atom is -0.494 e. The first-order chi connectivity index (χ1) is 9.19. The maximum Gasteiger partial charge on any atom is 0.181 e. The van der Waals surface area contributed by atoms with Crippen molar-refractivity contribution in [1.82, 2.24) is 9.78 Å². The van der Waals surface area contributed by atoms with E-state index in [2.05, 4.69) is 12.0 Å². The fourth-order valence-electron chi connectivity index (χ4n) is 1.65. The highest BCUT2D eigenvalue weighted by atomic mass is 16.5. The van der Waals surface area contributed by atoms with Crippen LogP contribution in [0.3, 0.4) is 0 Å². The Kier molecular flexibility index (Phi) is 4.28. The number of nitrogen functional groups attached to an aromatic ring is 1. The third kappa shape index (κ3) is 3.64. The zero-order valence-corrected chi connectivity index (χ0v) is 11.3. The van der Waals surface area contributed by atoms with Crippen LogP contribution in [0.1, 0.15) is 19.0 Å². The molecule has 1 aromatic carbocycles. The van der Waals surface area contributed by atoms with Gasteiger partial charge in [0.25, 0.3) is 0 Å². The molecule has 19 heavy (non-hydrogen) atoms. The van der Waals surface area contributed by atoms with Gasteiger partial charge in [-0.2, -0.15) is 5.10 Å². The van der Waals surface area contributed by atoms with E-state index in [9.17, 15) is 0 Å². The summed E-state index contributed by atoms with van der Waals surface area (Å²) in [6.07, 6.45) is 0.998. The van der Waals surface area contributed by atoms with E-state index >= 15 is 0 Å². The van der Waals surface area contributed by atoms with Gasteiger partial charge in [-0.05, 0) is 37.6 Å². The van der Waals surface area contributed by atoms with Crippen molar-refractivity contribution in [3.63, 3.8) is 0 Å². The fraction of sp³-hybridized carbons (Fsp3) is 0.357. The number of nitrogens with two attached hydrogens (primary N) is 1. The number of anilines is 1. The van der Waals surface area contributed by atoms with E-state index < -0.39 is 0 Å². The monoisotopic (exact) mass is 261 g/mol. The molecule has 0 aliphatic heterocycles. The summed E-state index contributed by atoms with van der Waals surface area (Å²) in [5.74, 6) is 2.13. The minimum absolute atomic E-state index is 0.345. The van der Waals surface area contributed by atoms with E-state index in [1.54, 1.807) is 4.68 Å². The van der Waals surface area contributed by atoms with Gasteiger partial charge in [0.15, 0.2) is 6.73 Å². The Hall–Kier alpha value is -2.17. The van der Waals surface area contributed by atoms with E-state index in [4.69, 9.17) is 15.2 Å². The quantitative estimate of drug-likeness (QED) is 0.868. The van der Waals surface area contributed by atoms with Crippen LogP contribution in [0.4, 0.5) is 5.82 Å². The van der Waals surface area contributed by atoms with Gasteiger partial charge in [-0.3, -0.25) is 0 Å². The minimum atomic E-state index is 0.345. The number of rotatable bonds is 6. The maximum absolute atomic E-state index is 5.64. The number of hydrogen-bond acceptors (Lipinski definition) is 4. The van der Waals surface area contributed by atoms with Crippen molar-refractivity contribution in [2.45, 2.75) is 27.0 Å². The standard InChI is InChI=1S/C14H19N3O2/c1-3-8-18-12-4-6-13(7-5-12)19-10-17-11(2)9-14(15)16-17/h4-7,9H,3,8,10H2,1-2H3,(H2,15,16). The van der Waals surface area contributed by atoms with Gasteiger partial charge in [0.1, 0.15) is 17.3 Å². The lowest BCUT2D eigenvalue weighted by Gasteiger charge is -2.09. The third-order valence-electron chi connectivity index (χ3n) is 2.65. The van der Waals surface area contributed by atoms with Crippen molar-refractivity contribution in [3.05, 3.63) is 36.0 Å². The molecule has 0 unspecified atom stereocenters. The molecule has 2 N–H and O–H groups in total. The number of aryl methyl sites for hydroxylation is 1. The zero-order valence-electron chi connectivity index (χ0n) is 11.3. The molecule has 0 aliphatic rings. The second kappa shape index (κ2) is 6.13. The summed E-state index contributed by atoms with van der Waals surface area (Å²) in [5.41, 5.74) is 6.58. The van der Waals surface area contributed by atoms with Gasteiger partial charge in [-0.1, -0.05) is 6.92 Å². The molecule has 0 saturated heterocycles. The zero-order chi connectivity index (χ0) is 13.7. The molecule has 0 bridgehead atoms. The van der Waals surface area contributed by atoms with Crippen LogP contribution in [-0.4, -0.2) is 16.4 Å². The Morgan fingerprint density at radius 1 is 1.16 bits per heavy atom. The predicted octanol–water partition coefficient (Wildman–Crippen LogP) is 2.60. The van der Waals surface area contributed by atoms with Crippen LogP contribution in [0, 0.1) is 6.92 Å². The van der Waals surface area contributed by atoms with Gasteiger partial charge in [0.05, 0.1) is 6.61 Å². The SMILES string of the molecule is CCCOc1ccc(OCn2nc(N)cc2C)cc1. The lowest BCUT2D eigenvalue weighted by Crippen LogP contribution is -2.08. The van der Waals surface area contributed by atoms with E-state index in [1.165, 1.54) is 0 Å². The smallest absolute Gasteiger partial charge is 0.181 e. The highest BCUT2D eigenvalue weighted by Crippen LogP contribution is 2.18. The van der Waals surface area contributed by atoms with Gasteiger partial charge in [0.2, 0.25) is 0 Å². The topological polar surface area (TPSA) is 62.3 Å². The molecule has 0 aliphatic carbocycles. The van der Waals surface area contributed by atoms with Gasteiger partial charge in [-0.25, -0.2) is 4.68 Å². The molecule has 0 spiro atoms. The summed E-state index contributed by atoms with van der Waals surface area (Å²) < 4.78 is 12.9. The first-order valence-corrected chi connectivity index (χ1v) is 6.34. The second-order valence-corrected chi connectivity index (χ2v) is 4.30. The fourth-order valence-corrected chi connectivity index (χ4v) is 1.65. The predicted molar refractivity (Wildman–Crippen MR) is 74.2 cm³/mol. The number of aromatic nitrogens is 2. The lowest BCUT2D eigenvalue weighted by molar-refractivity contribution is 0.218. The highest BCUT2D eigenvalue weighted by Gasteiger charge is 2.02. The second-order valence-electron chi connectivity index (χ2n) is 4.30. The van der Waals surface area contributed by atoms with Gasteiger partial charge in [0, 0.05) is 11.8 Å². The van der Waals surface area contributed by atoms with Crippen LogP contribution in [0.25, 0.3) is 0 Å². The Morgan fingerprint density at radius 3 is 2.32 bits per heavy atom. The first-order valence-electron chi connectivity index (χ1n) is 6.34. The molecular formula is C14H19N3O2. The largest absolute Gasteiger partial charge is 0.494 e. The average Bonchev–Trinajstić information content (AvgIpc) is 2.73. The molecule has 0 saturated carbocycles. The van der Waals surface area contributed by atoms with E-state index in [1.807, 2.05) is 37.3 Å². The molecule has 0 radical (unpaired) electrons. The molecule has 5 nitrogen and oxygen atoms in total. The molecule has 2 rings (SSSR count). The summed E-state index contributed by atoms with van der Waals surface area (Å²) in [5, 5.41) is 4.13. The third-order valence-corrected chi connectivity index (χ3v) is 2.65. The molecule has 0 amide bonds. The molecule has 0 fully saturated rings. The molecule has 1 aromatic heterocycles. The summed E-state index contributed by atoms with van der Waals surface area (Å²) in [6, 6.07) is 9.37. The summed E-state index contributed by atoms with van der Waals surface area (Å²) in [6.45, 7) is 5.09. The maximum atomic E-state index is 5.64. The Balaban J connectivity index is 1.91. The number of ether oxygens (including phenoxy) is 2. The van der Waals surface area contributed by atoms with Crippen molar-refractivity contribution >= 4 is 5.82 Å². The molecule has 102 valence electrons. The first kappa shape index (κ1) is 13.3. The van der Waals surface area contributed by atoms with E-state index in [-0.39, 0.29) is 0 Å². The Morgan fingerprint density at radius 2 is 1.79 bits per heavy atom. The van der Waals surface area contributed by atoms with Crippen molar-refractivity contribution in [1.29, 1.82) is 0 Å². The summed E-state index contributed by atoms with van der Waals surface area (Å²) >= 11 is 0. The summed E-state index contributed by atoms with van der Waals surface area (Å²) in [4.78, 5) is 0. The summed E-state index contributed by atoms with van der Waals surface area (Å²) in [7, 11) is 0. The highest BCUT2D eigenvalue weighted by molar-refractivity contribution is 5.31. The van der Waals surface area contributed by atoms with Crippen molar-refractivity contribution in [2.24, 2.45) is 0 Å². The number of hydrogen-bond donors (Lipinski definition) is 1. The van der Waals surface area contributed by atoms with Crippen LogP contribution in [0.2, 0.25) is 0 Å². The van der Waals surface area contributed by atoms with Crippen molar-refractivity contribution in [2.75, 3.05) is 12.3 Å². The van der Waals surface area contributed by atoms with Crippen LogP contribution >= 0.6 is 0 Å². The normalized spacial score (nSPS) is 10.4.